The number of fused-ring (bicyclic) bond motifs is 1. The van der Waals surface area contributed by atoms with Crippen LogP contribution in [0.4, 0.5) is 18.0 Å². The second-order valence-electron chi connectivity index (χ2n) is 8.26. The summed E-state index contributed by atoms with van der Waals surface area (Å²) >= 11 is 0. The largest absolute Gasteiger partial charge is 0.439 e. The summed E-state index contributed by atoms with van der Waals surface area (Å²) in [6.07, 6.45) is 1.71. The van der Waals surface area contributed by atoms with Crippen molar-refractivity contribution < 1.29 is 22.7 Å². The van der Waals surface area contributed by atoms with E-state index in [0.717, 1.165) is 12.5 Å². The molecule has 2 unspecified atom stereocenters. The van der Waals surface area contributed by atoms with E-state index in [2.05, 4.69) is 4.90 Å². The Hall–Kier alpha value is -1.80. The lowest BCUT2D eigenvalue weighted by Crippen LogP contribution is -2.46. The van der Waals surface area contributed by atoms with Gasteiger partial charge in [-0.1, -0.05) is 0 Å². The third-order valence-electron chi connectivity index (χ3n) is 6.53. The molecule has 1 aromatic carbocycles. The quantitative estimate of drug-likeness (QED) is 0.798. The highest BCUT2D eigenvalue weighted by atomic mass is 19.2. The number of amides is 1. The number of nitrogens with two attached hydrogens (primary N) is 1. The summed E-state index contributed by atoms with van der Waals surface area (Å²) < 4.78 is 46.5. The number of rotatable bonds is 2. The van der Waals surface area contributed by atoms with Crippen LogP contribution in [0.3, 0.4) is 0 Å². The molecule has 4 rings (SSSR count). The maximum atomic E-state index is 14.1. The number of ether oxygens (including phenoxy) is 1. The number of carbonyl (C=O) groups is 1. The molecule has 5 atom stereocenters. The molecule has 0 radical (unpaired) electrons. The molecule has 1 saturated carbocycles. The Bertz CT molecular complexity index is 777. The highest BCUT2D eigenvalue weighted by Gasteiger charge is 2.56. The first kappa shape index (κ1) is 18.6. The van der Waals surface area contributed by atoms with Gasteiger partial charge >= 0.3 is 6.09 Å². The number of nitrogens with zero attached hydrogens (tertiary/aromatic N) is 2. The molecule has 0 aromatic heterocycles. The van der Waals surface area contributed by atoms with Gasteiger partial charge in [0.15, 0.2) is 11.6 Å². The smallest absolute Gasteiger partial charge is 0.410 e. The highest BCUT2D eigenvalue weighted by molar-refractivity contribution is 5.71. The fraction of sp³-hybridized carbons (Fsp3) is 0.632. The van der Waals surface area contributed by atoms with Crippen molar-refractivity contribution in [1.29, 1.82) is 0 Å². The van der Waals surface area contributed by atoms with Crippen LogP contribution in [0.25, 0.3) is 0 Å². The number of halogens is 3. The normalized spacial score (nSPS) is 36.8. The van der Waals surface area contributed by atoms with Gasteiger partial charge in [-0.05, 0) is 37.8 Å². The standard InChI is InChI=1S/C19H24F3N3O2/c1-19-9-25(8-17(19)24(2)18(26)27-19)10-3-4-11(16(23)5-10)12-6-14(21)15(22)7-13(12)20/h6-7,10-11,16-17H,3-5,8-9,23H2,1-2H3/t10-,11-,16?,17+,19?/m0/s1. The number of likely N-dealkylation sites (N-methyl/N-ethyl adjacent to an activating group) is 1. The first-order chi connectivity index (χ1) is 12.7. The van der Waals surface area contributed by atoms with Crippen LogP contribution in [-0.2, 0) is 4.74 Å². The number of hydrogen-bond acceptors (Lipinski definition) is 4. The first-order valence-corrected chi connectivity index (χ1v) is 9.29. The van der Waals surface area contributed by atoms with Gasteiger partial charge in [0, 0.05) is 44.2 Å². The van der Waals surface area contributed by atoms with Crippen LogP contribution in [0.15, 0.2) is 12.1 Å². The van der Waals surface area contributed by atoms with Gasteiger partial charge in [-0.2, -0.15) is 0 Å². The van der Waals surface area contributed by atoms with Crippen LogP contribution in [0.1, 0.15) is 37.7 Å². The average Bonchev–Trinajstić information content (AvgIpc) is 3.04. The Labute approximate surface area is 156 Å². The van der Waals surface area contributed by atoms with E-state index < -0.39 is 23.1 Å². The first-order valence-electron chi connectivity index (χ1n) is 9.29. The monoisotopic (exact) mass is 383 g/mol. The van der Waals surface area contributed by atoms with E-state index in [1.165, 1.54) is 0 Å². The third kappa shape index (κ3) is 2.99. The fourth-order valence-corrected chi connectivity index (χ4v) is 5.02. The zero-order chi connectivity index (χ0) is 19.5. The van der Waals surface area contributed by atoms with Crippen molar-refractivity contribution in [1.82, 2.24) is 9.80 Å². The van der Waals surface area contributed by atoms with Gasteiger partial charge in [-0.15, -0.1) is 0 Å². The summed E-state index contributed by atoms with van der Waals surface area (Å²) in [6.45, 7) is 3.29. The Kier molecular flexibility index (Phi) is 4.38. The molecule has 1 aromatic rings. The lowest BCUT2D eigenvalue weighted by atomic mass is 9.77. The minimum Gasteiger partial charge on any atom is -0.439 e. The summed E-state index contributed by atoms with van der Waals surface area (Å²) in [5, 5.41) is 0. The number of carbonyl (C=O) groups excluding carboxylic acids is 1. The summed E-state index contributed by atoms with van der Waals surface area (Å²) in [7, 11) is 1.75. The summed E-state index contributed by atoms with van der Waals surface area (Å²) in [4.78, 5) is 15.7. The van der Waals surface area contributed by atoms with Crippen LogP contribution >= 0.6 is 0 Å². The van der Waals surface area contributed by atoms with Crippen LogP contribution in [0.2, 0.25) is 0 Å². The average molecular weight is 383 g/mol. The van der Waals surface area contributed by atoms with E-state index in [0.29, 0.717) is 32.0 Å². The minimum absolute atomic E-state index is 0.00240. The molecule has 5 nitrogen and oxygen atoms in total. The second-order valence-corrected chi connectivity index (χ2v) is 8.26. The van der Waals surface area contributed by atoms with Gasteiger partial charge < -0.3 is 15.4 Å². The van der Waals surface area contributed by atoms with Crippen LogP contribution in [-0.4, -0.2) is 59.8 Å². The van der Waals surface area contributed by atoms with Crippen molar-refractivity contribution in [3.63, 3.8) is 0 Å². The molecule has 1 amide bonds. The molecule has 148 valence electrons. The Morgan fingerprint density at radius 2 is 1.89 bits per heavy atom. The Balaban J connectivity index is 1.46. The molecule has 2 saturated heterocycles. The van der Waals surface area contributed by atoms with Crippen molar-refractivity contribution in [3.8, 4) is 0 Å². The van der Waals surface area contributed by atoms with E-state index in [4.69, 9.17) is 10.5 Å². The molecule has 2 aliphatic heterocycles. The molecule has 27 heavy (non-hydrogen) atoms. The maximum absolute atomic E-state index is 14.1. The zero-order valence-electron chi connectivity index (χ0n) is 15.4. The molecule has 3 aliphatic rings. The molecular weight excluding hydrogens is 359 g/mol. The van der Waals surface area contributed by atoms with E-state index in [-0.39, 0.29) is 35.7 Å². The molecule has 0 bridgehead atoms. The van der Waals surface area contributed by atoms with Gasteiger partial charge in [-0.3, -0.25) is 4.90 Å². The van der Waals surface area contributed by atoms with Crippen molar-refractivity contribution in [2.24, 2.45) is 5.73 Å². The zero-order valence-corrected chi connectivity index (χ0v) is 15.4. The van der Waals surface area contributed by atoms with Crippen molar-refractivity contribution in [2.45, 2.75) is 55.8 Å². The Morgan fingerprint density at radius 1 is 1.19 bits per heavy atom. The van der Waals surface area contributed by atoms with E-state index in [1.54, 1.807) is 11.9 Å². The molecule has 3 fully saturated rings. The molecule has 1 aliphatic carbocycles. The van der Waals surface area contributed by atoms with Crippen LogP contribution in [0.5, 0.6) is 0 Å². The van der Waals surface area contributed by atoms with E-state index in [9.17, 15) is 18.0 Å². The second kappa shape index (κ2) is 6.38. The topological polar surface area (TPSA) is 58.8 Å². The van der Waals surface area contributed by atoms with Gasteiger partial charge in [0.2, 0.25) is 0 Å². The summed E-state index contributed by atoms with van der Waals surface area (Å²) in [6, 6.07) is 1.37. The number of hydrogen-bond donors (Lipinski definition) is 1. The van der Waals surface area contributed by atoms with Crippen molar-refractivity contribution >= 4 is 6.09 Å². The predicted octanol–water partition coefficient (Wildman–Crippen LogP) is 2.59. The predicted molar refractivity (Wildman–Crippen MR) is 92.7 cm³/mol. The minimum atomic E-state index is -1.19. The van der Waals surface area contributed by atoms with Gasteiger partial charge in [0.05, 0.1) is 6.04 Å². The number of benzene rings is 1. The SMILES string of the molecule is CN1C(=O)OC2(C)CN([C@H]3CC[C@@H](c4cc(F)c(F)cc4F)C(N)C3)C[C@@H]12. The lowest BCUT2D eigenvalue weighted by molar-refractivity contribution is 0.0511. The summed E-state index contributed by atoms with van der Waals surface area (Å²) in [5.74, 6) is -3.32. The van der Waals surface area contributed by atoms with Gasteiger partial charge in [-0.25, -0.2) is 18.0 Å². The van der Waals surface area contributed by atoms with E-state index in [1.807, 2.05) is 6.92 Å². The van der Waals surface area contributed by atoms with Crippen LogP contribution < -0.4 is 5.73 Å². The van der Waals surface area contributed by atoms with Crippen molar-refractivity contribution in [3.05, 3.63) is 35.1 Å². The molecule has 2 heterocycles. The summed E-state index contributed by atoms with van der Waals surface area (Å²) in [5.41, 5.74) is 5.94. The van der Waals surface area contributed by atoms with Crippen molar-refractivity contribution in [2.75, 3.05) is 20.1 Å². The molecular formula is C19H24F3N3O2. The van der Waals surface area contributed by atoms with Gasteiger partial charge in [0.25, 0.3) is 0 Å². The maximum Gasteiger partial charge on any atom is 0.410 e. The molecule has 8 heteroatoms. The Morgan fingerprint density at radius 3 is 2.56 bits per heavy atom. The molecule has 0 spiro atoms. The van der Waals surface area contributed by atoms with Gasteiger partial charge in [0.1, 0.15) is 11.4 Å². The van der Waals surface area contributed by atoms with E-state index >= 15 is 0 Å². The number of likely N-dealkylation sites (tertiary alicyclic amines) is 1. The molecule has 2 N–H and O–H groups in total. The fourth-order valence-electron chi connectivity index (χ4n) is 5.02. The lowest BCUT2D eigenvalue weighted by Gasteiger charge is -2.39. The third-order valence-corrected chi connectivity index (χ3v) is 6.53. The van der Waals surface area contributed by atoms with Crippen LogP contribution in [0, 0.1) is 17.5 Å². The highest BCUT2D eigenvalue weighted by Crippen LogP contribution is 2.41.